The summed E-state index contributed by atoms with van der Waals surface area (Å²) in [7, 11) is 0. The summed E-state index contributed by atoms with van der Waals surface area (Å²) in [5.74, 6) is 3.40. The fourth-order valence-electron chi connectivity index (χ4n) is 8.61. The molecule has 0 radical (unpaired) electrons. The maximum absolute atomic E-state index is 6.61. The predicted molar refractivity (Wildman–Crippen MR) is 223 cm³/mol. The third-order valence-corrected chi connectivity index (χ3v) is 11.3. The van der Waals surface area contributed by atoms with Crippen LogP contribution in [0, 0.1) is 20.8 Å². The molecule has 53 heavy (non-hydrogen) atoms. The minimum atomic E-state index is 0.467. The number of ether oxygens (including phenoxy) is 1. The van der Waals surface area contributed by atoms with Crippen LogP contribution in [-0.4, -0.2) is 19.3 Å². The minimum absolute atomic E-state index is 0.467. The molecule has 5 nitrogen and oxygen atoms in total. The number of aryl methyl sites for hydroxylation is 1. The summed E-state index contributed by atoms with van der Waals surface area (Å²) in [6.45, 7) is 18.6. The van der Waals surface area contributed by atoms with Gasteiger partial charge in [0.15, 0.2) is 0 Å². The third-order valence-electron chi connectivity index (χ3n) is 11.3. The van der Waals surface area contributed by atoms with E-state index in [2.05, 4.69) is 139 Å². The lowest BCUT2D eigenvalue weighted by Crippen LogP contribution is -2.10. The van der Waals surface area contributed by atoms with E-state index in [0.717, 1.165) is 59.7 Å². The van der Waals surface area contributed by atoms with E-state index in [0.29, 0.717) is 11.8 Å². The van der Waals surface area contributed by atoms with E-state index in [-0.39, 0.29) is 0 Å². The Morgan fingerprint density at radius 2 is 1.38 bits per heavy atom. The van der Waals surface area contributed by atoms with Crippen molar-refractivity contribution in [2.75, 3.05) is 0 Å². The first-order valence-corrected chi connectivity index (χ1v) is 19.7. The van der Waals surface area contributed by atoms with Gasteiger partial charge in [0.05, 0.1) is 22.9 Å². The van der Waals surface area contributed by atoms with Crippen molar-refractivity contribution in [1.82, 2.24) is 19.3 Å². The van der Waals surface area contributed by atoms with Crippen LogP contribution in [0.15, 0.2) is 97.5 Å². The first-order chi connectivity index (χ1) is 25.7. The number of hydrogen-bond acceptors (Lipinski definition) is 3. The highest BCUT2D eigenvalue weighted by Crippen LogP contribution is 2.44. The summed E-state index contributed by atoms with van der Waals surface area (Å²) in [5.41, 5.74) is 14.3. The van der Waals surface area contributed by atoms with Gasteiger partial charge in [-0.05, 0) is 133 Å². The second-order valence-corrected chi connectivity index (χ2v) is 15.0. The second kappa shape index (κ2) is 15.4. The van der Waals surface area contributed by atoms with Gasteiger partial charge in [0.2, 0.25) is 0 Å². The average molecular weight is 703 g/mol. The van der Waals surface area contributed by atoms with Crippen LogP contribution in [0.5, 0.6) is 11.5 Å². The lowest BCUT2D eigenvalue weighted by molar-refractivity contribution is 0.483. The van der Waals surface area contributed by atoms with Crippen LogP contribution in [0.1, 0.15) is 112 Å². The molecule has 0 amide bonds. The lowest BCUT2D eigenvalue weighted by atomic mass is 9.76. The quantitative estimate of drug-likeness (QED) is 0.120. The Labute approximate surface area is 315 Å². The summed E-state index contributed by atoms with van der Waals surface area (Å²) in [6, 6.07) is 27.5. The van der Waals surface area contributed by atoms with Gasteiger partial charge in [0.1, 0.15) is 17.3 Å². The predicted octanol–water partition coefficient (Wildman–Crippen LogP) is 13.5. The Hall–Kier alpha value is -5.16. The van der Waals surface area contributed by atoms with Crippen LogP contribution in [-0.2, 0) is 6.42 Å². The van der Waals surface area contributed by atoms with Crippen molar-refractivity contribution in [3.05, 3.63) is 131 Å². The molecule has 0 spiro atoms. The number of aromatic nitrogens is 4. The SMILES string of the molecule is CCCc1ccnc(-n2c3ccccc3c3ccc(Oc4cccc(-n5cc(-c6c(C(C)CCC)c(C)c(C)c(C)c6C(C)CCC)cn5)c4)cc32)c1. The molecule has 2 atom stereocenters. The average Bonchev–Trinajstić information content (AvgIpc) is 3.77. The Morgan fingerprint density at radius 1 is 0.679 bits per heavy atom. The van der Waals surface area contributed by atoms with Crippen molar-refractivity contribution >= 4 is 21.8 Å². The van der Waals surface area contributed by atoms with Crippen molar-refractivity contribution < 1.29 is 4.74 Å². The molecule has 0 bridgehead atoms. The van der Waals surface area contributed by atoms with Gasteiger partial charge < -0.3 is 4.74 Å². The third kappa shape index (κ3) is 6.90. The van der Waals surface area contributed by atoms with Gasteiger partial charge >= 0.3 is 0 Å². The molecule has 0 fully saturated rings. The van der Waals surface area contributed by atoms with Crippen LogP contribution in [0.2, 0.25) is 0 Å². The van der Waals surface area contributed by atoms with Gasteiger partial charge in [-0.15, -0.1) is 0 Å². The van der Waals surface area contributed by atoms with E-state index >= 15 is 0 Å². The van der Waals surface area contributed by atoms with E-state index in [9.17, 15) is 0 Å². The van der Waals surface area contributed by atoms with Crippen LogP contribution >= 0.6 is 0 Å². The van der Waals surface area contributed by atoms with E-state index in [4.69, 9.17) is 14.8 Å². The summed E-state index contributed by atoms with van der Waals surface area (Å²) in [4.78, 5) is 4.82. The summed E-state index contributed by atoms with van der Waals surface area (Å²) in [6.07, 6.45) is 13.0. The number of para-hydroxylation sites is 1. The smallest absolute Gasteiger partial charge is 0.137 e. The first-order valence-electron chi connectivity index (χ1n) is 19.7. The van der Waals surface area contributed by atoms with Crippen LogP contribution in [0.3, 0.4) is 0 Å². The largest absolute Gasteiger partial charge is 0.457 e. The highest BCUT2D eigenvalue weighted by Gasteiger charge is 2.26. The van der Waals surface area contributed by atoms with E-state index < -0.39 is 0 Å². The zero-order valence-electron chi connectivity index (χ0n) is 32.8. The van der Waals surface area contributed by atoms with Gasteiger partial charge in [-0.2, -0.15) is 5.10 Å². The van der Waals surface area contributed by atoms with Crippen molar-refractivity contribution in [1.29, 1.82) is 0 Å². The van der Waals surface area contributed by atoms with Crippen LogP contribution in [0.4, 0.5) is 0 Å². The molecule has 0 saturated heterocycles. The standard InChI is InChI=1S/C48H54N4O/c1-9-15-31(4)46-34(7)33(6)35(8)47(32(5)16-10-2)48(46)37-29-50-51(30-37)38-18-14-19-39(27-38)53-40-22-23-42-41-20-12-13-21-43(41)52(44(42)28-40)45-26-36(17-11-3)24-25-49-45/h12-14,18-32H,9-11,15-17H2,1-8H3. The Morgan fingerprint density at radius 3 is 2.09 bits per heavy atom. The number of hydrogen-bond donors (Lipinski definition) is 0. The molecule has 7 rings (SSSR count). The summed E-state index contributed by atoms with van der Waals surface area (Å²) in [5, 5.41) is 7.34. The molecule has 0 aliphatic carbocycles. The fourth-order valence-corrected chi connectivity index (χ4v) is 8.61. The molecule has 7 aromatic rings. The topological polar surface area (TPSA) is 44.9 Å². The zero-order chi connectivity index (χ0) is 37.2. The number of benzene rings is 4. The first kappa shape index (κ1) is 36.2. The Balaban J connectivity index is 1.27. The molecule has 0 saturated carbocycles. The monoisotopic (exact) mass is 702 g/mol. The molecule has 4 aromatic carbocycles. The maximum atomic E-state index is 6.61. The van der Waals surface area contributed by atoms with Gasteiger partial charge in [0.25, 0.3) is 0 Å². The number of fused-ring (bicyclic) bond motifs is 3. The molecule has 0 N–H and O–H groups in total. The molecule has 2 unspecified atom stereocenters. The lowest BCUT2D eigenvalue weighted by Gasteiger charge is -2.28. The second-order valence-electron chi connectivity index (χ2n) is 15.0. The van der Waals surface area contributed by atoms with Gasteiger partial charge in [-0.25, -0.2) is 9.67 Å². The Kier molecular flexibility index (Phi) is 10.5. The number of pyridine rings is 1. The molecular weight excluding hydrogens is 649 g/mol. The number of nitrogens with zero attached hydrogens (tertiary/aromatic N) is 4. The minimum Gasteiger partial charge on any atom is -0.457 e. The molecule has 3 heterocycles. The summed E-state index contributed by atoms with van der Waals surface area (Å²) < 4.78 is 10.9. The summed E-state index contributed by atoms with van der Waals surface area (Å²) >= 11 is 0. The van der Waals surface area contributed by atoms with Crippen molar-refractivity contribution in [2.24, 2.45) is 0 Å². The van der Waals surface area contributed by atoms with Gasteiger partial charge in [-0.1, -0.05) is 78.1 Å². The van der Waals surface area contributed by atoms with Crippen LogP contribution < -0.4 is 4.74 Å². The normalized spacial score (nSPS) is 12.8. The van der Waals surface area contributed by atoms with E-state index in [1.54, 1.807) is 0 Å². The van der Waals surface area contributed by atoms with Crippen molar-refractivity contribution in [3.8, 4) is 34.1 Å². The van der Waals surface area contributed by atoms with Crippen molar-refractivity contribution in [2.45, 2.75) is 106 Å². The number of rotatable bonds is 13. The molecule has 5 heteroatoms. The highest BCUT2D eigenvalue weighted by molar-refractivity contribution is 6.09. The van der Waals surface area contributed by atoms with E-state index in [1.165, 1.54) is 68.1 Å². The van der Waals surface area contributed by atoms with Crippen molar-refractivity contribution in [3.63, 3.8) is 0 Å². The van der Waals surface area contributed by atoms with Gasteiger partial charge in [-0.3, -0.25) is 4.57 Å². The molecule has 3 aromatic heterocycles. The Bertz CT molecular complexity index is 2360. The molecular formula is C48H54N4O. The molecule has 0 aliphatic rings. The fraction of sp³-hybridized carbons (Fsp3) is 0.333. The van der Waals surface area contributed by atoms with E-state index in [1.807, 2.05) is 23.0 Å². The van der Waals surface area contributed by atoms with Gasteiger partial charge in [0, 0.05) is 40.9 Å². The highest BCUT2D eigenvalue weighted by atomic mass is 16.5. The molecule has 272 valence electrons. The zero-order valence-corrected chi connectivity index (χ0v) is 32.8. The molecule has 0 aliphatic heterocycles. The maximum Gasteiger partial charge on any atom is 0.137 e. The van der Waals surface area contributed by atoms with Crippen LogP contribution in [0.25, 0.3) is 44.4 Å².